The zero-order valence-corrected chi connectivity index (χ0v) is 17.0. The Labute approximate surface area is 166 Å². The van der Waals surface area contributed by atoms with Gasteiger partial charge in [-0.05, 0) is 54.4 Å². The van der Waals surface area contributed by atoms with Crippen LogP contribution in [0.3, 0.4) is 0 Å². The normalized spacial score (nSPS) is 14.4. The lowest BCUT2D eigenvalue weighted by Gasteiger charge is -2.37. The number of halogens is 1. The molecule has 0 aromatic heterocycles. The van der Waals surface area contributed by atoms with Gasteiger partial charge in [-0.25, -0.2) is 0 Å². The first kappa shape index (κ1) is 19.0. The first-order chi connectivity index (χ1) is 12.6. The number of para-hydroxylation sites is 1. The third-order valence-corrected chi connectivity index (χ3v) is 5.57. The van der Waals surface area contributed by atoms with E-state index in [9.17, 15) is 0 Å². The number of thiocarbonyl (C=S) groups is 1. The third-order valence-electron chi connectivity index (χ3n) is 4.97. The number of hydrogen-bond donors (Lipinski definition) is 1. The molecule has 5 heteroatoms. The minimum atomic E-state index is 0.783. The molecule has 0 amide bonds. The molecule has 1 aliphatic rings. The maximum atomic E-state index is 6.12. The molecule has 1 fully saturated rings. The summed E-state index contributed by atoms with van der Waals surface area (Å²) in [7, 11) is 0. The molecule has 2 aromatic carbocycles. The molecule has 1 heterocycles. The lowest BCUT2D eigenvalue weighted by molar-refractivity contribution is 0.391. The van der Waals surface area contributed by atoms with Crippen molar-refractivity contribution in [3.05, 3.63) is 58.6 Å². The van der Waals surface area contributed by atoms with Crippen molar-refractivity contribution in [2.24, 2.45) is 0 Å². The van der Waals surface area contributed by atoms with E-state index in [-0.39, 0.29) is 0 Å². The van der Waals surface area contributed by atoms with Crippen LogP contribution in [-0.4, -0.2) is 36.2 Å². The lowest BCUT2D eigenvalue weighted by atomic mass is 10.0. The van der Waals surface area contributed by atoms with E-state index in [0.29, 0.717) is 0 Å². The van der Waals surface area contributed by atoms with Crippen LogP contribution < -0.4 is 10.2 Å². The summed E-state index contributed by atoms with van der Waals surface area (Å²) >= 11 is 11.8. The van der Waals surface area contributed by atoms with Gasteiger partial charge in [-0.1, -0.05) is 49.7 Å². The quantitative estimate of drug-likeness (QED) is 0.745. The fourth-order valence-electron chi connectivity index (χ4n) is 3.43. The van der Waals surface area contributed by atoms with Crippen LogP contribution in [0.1, 0.15) is 25.0 Å². The van der Waals surface area contributed by atoms with Crippen LogP contribution in [0.2, 0.25) is 5.02 Å². The highest BCUT2D eigenvalue weighted by atomic mass is 35.5. The second-order valence-electron chi connectivity index (χ2n) is 6.54. The molecule has 0 aliphatic carbocycles. The van der Waals surface area contributed by atoms with E-state index in [0.717, 1.165) is 49.2 Å². The van der Waals surface area contributed by atoms with E-state index >= 15 is 0 Å². The Balaban J connectivity index is 1.64. The Morgan fingerprint density at radius 2 is 1.62 bits per heavy atom. The molecule has 0 atom stereocenters. The summed E-state index contributed by atoms with van der Waals surface area (Å²) in [6.07, 6.45) is 2.00. The summed E-state index contributed by atoms with van der Waals surface area (Å²) in [6.45, 7) is 8.08. The molecular formula is C21H26ClN3S. The van der Waals surface area contributed by atoms with Gasteiger partial charge in [0.2, 0.25) is 0 Å². The molecule has 1 N–H and O–H groups in total. The zero-order valence-electron chi connectivity index (χ0n) is 15.5. The van der Waals surface area contributed by atoms with Crippen molar-refractivity contribution in [3.63, 3.8) is 0 Å². The Hall–Kier alpha value is -1.78. The predicted octanol–water partition coefficient (Wildman–Crippen LogP) is 4.98. The van der Waals surface area contributed by atoms with E-state index < -0.39 is 0 Å². The molecule has 0 bridgehead atoms. The van der Waals surface area contributed by atoms with Gasteiger partial charge in [0.1, 0.15) is 0 Å². The minimum Gasteiger partial charge on any atom is -0.368 e. The van der Waals surface area contributed by atoms with Crippen LogP contribution in [0.5, 0.6) is 0 Å². The maximum Gasteiger partial charge on any atom is 0.173 e. The van der Waals surface area contributed by atoms with Gasteiger partial charge in [0.05, 0.1) is 0 Å². The topological polar surface area (TPSA) is 18.5 Å². The molecule has 26 heavy (non-hydrogen) atoms. The van der Waals surface area contributed by atoms with Gasteiger partial charge >= 0.3 is 0 Å². The van der Waals surface area contributed by atoms with Gasteiger partial charge in [-0.2, -0.15) is 0 Å². The summed E-state index contributed by atoms with van der Waals surface area (Å²) in [5.74, 6) is 0. The summed E-state index contributed by atoms with van der Waals surface area (Å²) < 4.78 is 0. The molecule has 3 nitrogen and oxygen atoms in total. The highest BCUT2D eigenvalue weighted by Crippen LogP contribution is 2.24. The minimum absolute atomic E-state index is 0.783. The van der Waals surface area contributed by atoms with Gasteiger partial charge in [0.25, 0.3) is 0 Å². The van der Waals surface area contributed by atoms with E-state index in [1.165, 1.54) is 22.5 Å². The first-order valence-electron chi connectivity index (χ1n) is 9.29. The average Bonchev–Trinajstić information content (AvgIpc) is 2.68. The van der Waals surface area contributed by atoms with Crippen molar-refractivity contribution >= 4 is 40.3 Å². The highest BCUT2D eigenvalue weighted by molar-refractivity contribution is 7.80. The van der Waals surface area contributed by atoms with Crippen LogP contribution in [0, 0.1) is 0 Å². The standard InChI is InChI=1S/C21H26ClN3S/c1-3-16-7-5-8-17(4-2)20(16)23-21(26)25-13-11-24(12-14-25)19-10-6-9-18(22)15-19/h5-10,15H,3-4,11-14H2,1-2H3,(H,23,26). The van der Waals surface area contributed by atoms with Crippen molar-refractivity contribution in [1.29, 1.82) is 0 Å². The number of nitrogens with zero attached hydrogens (tertiary/aromatic N) is 2. The van der Waals surface area contributed by atoms with Crippen molar-refractivity contribution in [2.75, 3.05) is 36.4 Å². The molecule has 3 rings (SSSR count). The zero-order chi connectivity index (χ0) is 18.5. The van der Waals surface area contributed by atoms with Crippen LogP contribution in [0.15, 0.2) is 42.5 Å². The van der Waals surface area contributed by atoms with E-state index in [4.69, 9.17) is 23.8 Å². The smallest absolute Gasteiger partial charge is 0.173 e. The number of nitrogens with one attached hydrogen (secondary N) is 1. The average molecular weight is 388 g/mol. The van der Waals surface area contributed by atoms with Gasteiger partial charge in [0, 0.05) is 42.6 Å². The van der Waals surface area contributed by atoms with Crippen molar-refractivity contribution in [2.45, 2.75) is 26.7 Å². The Morgan fingerprint density at radius 1 is 1.00 bits per heavy atom. The number of anilines is 2. The second kappa shape index (κ2) is 8.74. The van der Waals surface area contributed by atoms with E-state index in [1.807, 2.05) is 18.2 Å². The largest absolute Gasteiger partial charge is 0.368 e. The number of aryl methyl sites for hydroxylation is 2. The van der Waals surface area contributed by atoms with Crippen LogP contribution in [0.4, 0.5) is 11.4 Å². The van der Waals surface area contributed by atoms with Crippen molar-refractivity contribution < 1.29 is 0 Å². The Morgan fingerprint density at radius 3 is 2.19 bits per heavy atom. The summed E-state index contributed by atoms with van der Waals surface area (Å²) in [6, 6.07) is 14.6. The fraction of sp³-hybridized carbons (Fsp3) is 0.381. The second-order valence-corrected chi connectivity index (χ2v) is 7.37. The summed E-state index contributed by atoms with van der Waals surface area (Å²) in [5, 5.41) is 5.14. The SMILES string of the molecule is CCc1cccc(CC)c1NC(=S)N1CCN(c2cccc(Cl)c2)CC1. The third kappa shape index (κ3) is 4.30. The molecule has 1 aliphatic heterocycles. The summed E-state index contributed by atoms with van der Waals surface area (Å²) in [5.41, 5.74) is 5.02. The number of hydrogen-bond acceptors (Lipinski definition) is 2. The Bertz CT molecular complexity index is 747. The molecule has 138 valence electrons. The number of benzene rings is 2. The molecule has 0 saturated carbocycles. The van der Waals surface area contributed by atoms with Crippen molar-refractivity contribution in [3.8, 4) is 0 Å². The first-order valence-corrected chi connectivity index (χ1v) is 10.1. The lowest BCUT2D eigenvalue weighted by Crippen LogP contribution is -2.50. The fourth-order valence-corrected chi connectivity index (χ4v) is 3.90. The molecule has 2 aromatic rings. The van der Waals surface area contributed by atoms with Gasteiger partial charge in [-0.3, -0.25) is 0 Å². The van der Waals surface area contributed by atoms with Crippen LogP contribution in [-0.2, 0) is 12.8 Å². The van der Waals surface area contributed by atoms with E-state index in [1.54, 1.807) is 0 Å². The molecule has 1 saturated heterocycles. The number of piperazine rings is 1. The van der Waals surface area contributed by atoms with Crippen LogP contribution in [0.25, 0.3) is 0 Å². The summed E-state index contributed by atoms with van der Waals surface area (Å²) in [4.78, 5) is 4.63. The predicted molar refractivity (Wildman–Crippen MR) is 117 cm³/mol. The molecule has 0 spiro atoms. The maximum absolute atomic E-state index is 6.12. The highest BCUT2D eigenvalue weighted by Gasteiger charge is 2.20. The van der Waals surface area contributed by atoms with Gasteiger partial charge in [0.15, 0.2) is 5.11 Å². The number of rotatable bonds is 4. The molecule has 0 unspecified atom stereocenters. The van der Waals surface area contributed by atoms with Gasteiger partial charge in [-0.15, -0.1) is 0 Å². The Kier molecular flexibility index (Phi) is 6.38. The van der Waals surface area contributed by atoms with Gasteiger partial charge < -0.3 is 15.1 Å². The molecular weight excluding hydrogens is 362 g/mol. The van der Waals surface area contributed by atoms with Crippen molar-refractivity contribution in [1.82, 2.24) is 4.90 Å². The monoisotopic (exact) mass is 387 g/mol. The van der Waals surface area contributed by atoms with Crippen LogP contribution >= 0.6 is 23.8 Å². The van der Waals surface area contributed by atoms with E-state index in [2.05, 4.69) is 53.2 Å². The molecule has 0 radical (unpaired) electrons.